The van der Waals surface area contributed by atoms with Crippen molar-refractivity contribution in [2.75, 3.05) is 0 Å². The highest BCUT2D eigenvalue weighted by Crippen LogP contribution is 2.23. The van der Waals surface area contributed by atoms with Crippen LogP contribution >= 0.6 is 11.3 Å². The molecule has 0 bridgehead atoms. The largest absolute Gasteiger partial charge is 0.313 e. The van der Waals surface area contributed by atoms with Gasteiger partial charge in [0.05, 0.1) is 23.3 Å². The van der Waals surface area contributed by atoms with E-state index >= 15 is 0 Å². The molecule has 0 unspecified atom stereocenters. The summed E-state index contributed by atoms with van der Waals surface area (Å²) in [7, 11) is 1.94. The van der Waals surface area contributed by atoms with E-state index < -0.39 is 0 Å². The van der Waals surface area contributed by atoms with Crippen molar-refractivity contribution in [3.05, 3.63) is 39.7 Å². The SMILES string of the molecule is Cn1nc(-c2ccc3c(=O)[nH]cnc3c2)s/c1=N/C1CCCCC1. The van der Waals surface area contributed by atoms with E-state index in [0.29, 0.717) is 16.9 Å². The molecule has 1 aromatic carbocycles. The molecule has 7 heteroatoms. The average molecular weight is 341 g/mol. The molecular formula is C17H19N5OS. The van der Waals surface area contributed by atoms with Crippen LogP contribution in [0.15, 0.2) is 34.3 Å². The van der Waals surface area contributed by atoms with Crippen LogP contribution in [0.3, 0.4) is 0 Å². The van der Waals surface area contributed by atoms with Crippen molar-refractivity contribution in [3.63, 3.8) is 0 Å². The predicted octanol–water partition coefficient (Wildman–Crippen LogP) is 2.62. The Hall–Kier alpha value is -2.28. The quantitative estimate of drug-likeness (QED) is 0.778. The molecule has 0 aliphatic heterocycles. The van der Waals surface area contributed by atoms with Gasteiger partial charge in [0, 0.05) is 12.6 Å². The van der Waals surface area contributed by atoms with E-state index in [2.05, 4.69) is 15.1 Å². The van der Waals surface area contributed by atoms with Gasteiger partial charge in [-0.25, -0.2) is 9.67 Å². The highest BCUT2D eigenvalue weighted by Gasteiger charge is 2.13. The van der Waals surface area contributed by atoms with Crippen LogP contribution < -0.4 is 10.4 Å². The highest BCUT2D eigenvalue weighted by molar-refractivity contribution is 7.12. The molecular weight excluding hydrogens is 322 g/mol. The molecule has 1 aliphatic carbocycles. The van der Waals surface area contributed by atoms with Crippen molar-refractivity contribution < 1.29 is 0 Å². The second-order valence-corrected chi connectivity index (χ2v) is 7.15. The van der Waals surface area contributed by atoms with Crippen LogP contribution in [0, 0.1) is 0 Å². The van der Waals surface area contributed by atoms with E-state index in [4.69, 9.17) is 4.99 Å². The van der Waals surface area contributed by atoms with Crippen LogP contribution in [0.5, 0.6) is 0 Å². The summed E-state index contributed by atoms with van der Waals surface area (Å²) in [6.07, 6.45) is 7.66. The molecule has 1 saturated carbocycles. The van der Waals surface area contributed by atoms with Gasteiger partial charge in [-0.15, -0.1) is 0 Å². The average Bonchev–Trinajstić information content (AvgIpc) is 2.96. The van der Waals surface area contributed by atoms with Crippen molar-refractivity contribution in [2.24, 2.45) is 12.0 Å². The van der Waals surface area contributed by atoms with E-state index in [9.17, 15) is 4.79 Å². The maximum atomic E-state index is 11.8. The van der Waals surface area contributed by atoms with E-state index in [0.717, 1.165) is 15.4 Å². The van der Waals surface area contributed by atoms with Crippen LogP contribution in [-0.4, -0.2) is 25.8 Å². The van der Waals surface area contributed by atoms with Gasteiger partial charge in [-0.2, -0.15) is 5.10 Å². The van der Waals surface area contributed by atoms with E-state index in [-0.39, 0.29) is 5.56 Å². The maximum absolute atomic E-state index is 11.8. The molecule has 2 aromatic heterocycles. The molecule has 24 heavy (non-hydrogen) atoms. The monoisotopic (exact) mass is 341 g/mol. The van der Waals surface area contributed by atoms with Gasteiger partial charge in [0.2, 0.25) is 4.80 Å². The lowest BCUT2D eigenvalue weighted by Crippen LogP contribution is -2.18. The van der Waals surface area contributed by atoms with Gasteiger partial charge < -0.3 is 4.98 Å². The lowest BCUT2D eigenvalue weighted by molar-refractivity contribution is 0.434. The van der Waals surface area contributed by atoms with Crippen molar-refractivity contribution in [1.82, 2.24) is 19.7 Å². The van der Waals surface area contributed by atoms with Gasteiger partial charge >= 0.3 is 0 Å². The van der Waals surface area contributed by atoms with Crippen molar-refractivity contribution >= 4 is 22.2 Å². The second kappa shape index (κ2) is 6.32. The number of hydrogen-bond acceptors (Lipinski definition) is 5. The summed E-state index contributed by atoms with van der Waals surface area (Å²) < 4.78 is 1.85. The van der Waals surface area contributed by atoms with Gasteiger partial charge in [0.25, 0.3) is 5.56 Å². The summed E-state index contributed by atoms with van der Waals surface area (Å²) in [6.45, 7) is 0. The number of hydrogen-bond donors (Lipinski definition) is 1. The van der Waals surface area contributed by atoms with Crippen LogP contribution in [0.2, 0.25) is 0 Å². The first-order valence-corrected chi connectivity index (χ1v) is 9.08. The molecule has 0 atom stereocenters. The Morgan fingerprint density at radius 1 is 1.29 bits per heavy atom. The summed E-state index contributed by atoms with van der Waals surface area (Å²) in [5.41, 5.74) is 1.52. The van der Waals surface area contributed by atoms with Gasteiger partial charge in [-0.3, -0.25) is 9.79 Å². The molecule has 2 heterocycles. The Morgan fingerprint density at radius 3 is 2.96 bits per heavy atom. The maximum Gasteiger partial charge on any atom is 0.258 e. The molecule has 4 rings (SSSR count). The number of nitrogens with one attached hydrogen (secondary N) is 1. The van der Waals surface area contributed by atoms with Crippen LogP contribution in [0.25, 0.3) is 21.5 Å². The number of nitrogens with zero attached hydrogens (tertiary/aromatic N) is 4. The number of fused-ring (bicyclic) bond motifs is 1. The normalized spacial score (nSPS) is 16.8. The molecule has 6 nitrogen and oxygen atoms in total. The molecule has 124 valence electrons. The Labute approximate surface area is 142 Å². The van der Waals surface area contributed by atoms with E-state index in [1.807, 2.05) is 23.9 Å². The minimum absolute atomic E-state index is 0.121. The molecule has 1 fully saturated rings. The number of aromatic nitrogens is 4. The summed E-state index contributed by atoms with van der Waals surface area (Å²) in [5, 5.41) is 6.09. The van der Waals surface area contributed by atoms with Crippen LogP contribution in [-0.2, 0) is 7.05 Å². The molecule has 0 amide bonds. The molecule has 0 saturated heterocycles. The molecule has 0 radical (unpaired) electrons. The Balaban J connectivity index is 1.73. The Morgan fingerprint density at radius 2 is 2.12 bits per heavy atom. The van der Waals surface area contributed by atoms with Gasteiger partial charge in [0.15, 0.2) is 0 Å². The standard InChI is InChI=1S/C17H19N5OS/c1-22-17(20-12-5-3-2-4-6-12)24-16(21-22)11-7-8-13-14(9-11)18-10-19-15(13)23/h7-10,12H,2-6H2,1H3,(H,18,19,23)/b20-17+. The summed E-state index contributed by atoms with van der Waals surface area (Å²) >= 11 is 1.59. The minimum atomic E-state index is -0.121. The Kier molecular flexibility index (Phi) is 4.02. The van der Waals surface area contributed by atoms with Gasteiger partial charge in [-0.1, -0.05) is 36.7 Å². The third-order valence-corrected chi connectivity index (χ3v) is 5.52. The second-order valence-electron chi connectivity index (χ2n) is 6.20. The van der Waals surface area contributed by atoms with Crippen molar-refractivity contribution in [2.45, 2.75) is 38.1 Å². The van der Waals surface area contributed by atoms with E-state index in [1.165, 1.54) is 38.4 Å². The van der Waals surface area contributed by atoms with E-state index in [1.54, 1.807) is 17.4 Å². The third-order valence-electron chi connectivity index (χ3n) is 4.46. The number of H-pyrrole nitrogens is 1. The summed E-state index contributed by atoms with van der Waals surface area (Å²) in [5.74, 6) is 0. The van der Waals surface area contributed by atoms with Crippen LogP contribution in [0.4, 0.5) is 0 Å². The van der Waals surface area contributed by atoms with Crippen molar-refractivity contribution in [1.29, 1.82) is 0 Å². The first kappa shape index (κ1) is 15.3. The Bertz CT molecular complexity index is 994. The predicted molar refractivity (Wildman–Crippen MR) is 94.9 cm³/mol. The van der Waals surface area contributed by atoms with Gasteiger partial charge in [-0.05, 0) is 25.0 Å². The minimum Gasteiger partial charge on any atom is -0.313 e. The number of rotatable bonds is 2. The highest BCUT2D eigenvalue weighted by atomic mass is 32.1. The zero-order valence-corrected chi connectivity index (χ0v) is 14.3. The topological polar surface area (TPSA) is 75.9 Å². The number of benzene rings is 1. The summed E-state index contributed by atoms with van der Waals surface area (Å²) in [4.78, 5) is 24.5. The fourth-order valence-corrected chi connectivity index (χ4v) is 4.10. The molecule has 1 aliphatic rings. The first-order chi connectivity index (χ1) is 11.7. The molecule has 3 aromatic rings. The zero-order valence-electron chi connectivity index (χ0n) is 13.5. The fourth-order valence-electron chi connectivity index (χ4n) is 3.15. The van der Waals surface area contributed by atoms with Crippen LogP contribution in [0.1, 0.15) is 32.1 Å². The molecule has 0 spiro atoms. The fraction of sp³-hybridized carbons (Fsp3) is 0.412. The lowest BCUT2D eigenvalue weighted by Gasteiger charge is -2.16. The molecule has 1 N–H and O–H groups in total. The third kappa shape index (κ3) is 2.91. The number of aromatic amines is 1. The smallest absolute Gasteiger partial charge is 0.258 e. The van der Waals surface area contributed by atoms with Gasteiger partial charge in [0.1, 0.15) is 5.01 Å². The summed E-state index contributed by atoms with van der Waals surface area (Å²) in [6, 6.07) is 6.06. The first-order valence-electron chi connectivity index (χ1n) is 8.26. The number of aryl methyl sites for hydroxylation is 1. The van der Waals surface area contributed by atoms with Crippen molar-refractivity contribution in [3.8, 4) is 10.6 Å². The zero-order chi connectivity index (χ0) is 16.5. The lowest BCUT2D eigenvalue weighted by atomic mass is 9.96.